The number of hydrogen-bond acceptors (Lipinski definition) is 1. The van der Waals surface area contributed by atoms with E-state index in [1.807, 2.05) is 39.0 Å². The Labute approximate surface area is 118 Å². The second-order valence-corrected chi connectivity index (χ2v) is 4.48. The first kappa shape index (κ1) is 19.8. The van der Waals surface area contributed by atoms with Gasteiger partial charge in [-0.05, 0) is 38.5 Å². The molecule has 0 aromatic rings. The zero-order valence-corrected chi connectivity index (χ0v) is 13.1. The van der Waals surface area contributed by atoms with Gasteiger partial charge in [0.25, 0.3) is 0 Å². The average molecular weight is 273 g/mol. The van der Waals surface area contributed by atoms with Gasteiger partial charge in [-0.1, -0.05) is 63.3 Å². The summed E-state index contributed by atoms with van der Waals surface area (Å²) in [7, 11) is 0. The molecule has 2 unspecified atom stereocenters. The summed E-state index contributed by atoms with van der Waals surface area (Å²) in [5.41, 5.74) is 0. The maximum absolute atomic E-state index is 9.73. The molecule has 0 aliphatic carbocycles. The Bertz CT molecular complexity index is 243. The van der Waals surface area contributed by atoms with Gasteiger partial charge in [-0.2, -0.15) is 0 Å². The van der Waals surface area contributed by atoms with Gasteiger partial charge in [0.2, 0.25) is 0 Å². The highest BCUT2D eigenvalue weighted by atomic mass is 35.5. The maximum atomic E-state index is 9.73. The van der Waals surface area contributed by atoms with E-state index < -0.39 is 0 Å². The fraction of sp³-hybridized carbons (Fsp3) is 0.625. The molecule has 0 rings (SSSR count). The highest BCUT2D eigenvalue weighted by molar-refractivity contribution is 6.29. The van der Waals surface area contributed by atoms with Crippen LogP contribution >= 0.6 is 11.6 Å². The number of allylic oxidation sites excluding steroid dienone is 5. The molecule has 0 heterocycles. The van der Waals surface area contributed by atoms with Crippen LogP contribution in [0.3, 0.4) is 0 Å². The summed E-state index contributed by atoms with van der Waals surface area (Å²) < 4.78 is 0. The van der Waals surface area contributed by atoms with Crippen molar-refractivity contribution in [2.75, 3.05) is 0 Å². The molecular weight excluding hydrogens is 244 g/mol. The number of aliphatic hydroxyl groups is 1. The zero-order valence-electron chi connectivity index (χ0n) is 12.3. The molecule has 0 saturated carbocycles. The summed E-state index contributed by atoms with van der Waals surface area (Å²) in [6.45, 7) is 11.6. The minimum absolute atomic E-state index is 0.224. The third kappa shape index (κ3) is 11.9. The Hall–Kier alpha value is -0.530. The molecule has 0 aliphatic heterocycles. The number of hydrogen-bond donors (Lipinski definition) is 1. The van der Waals surface area contributed by atoms with Crippen LogP contribution in [0.25, 0.3) is 0 Å². The van der Waals surface area contributed by atoms with E-state index in [9.17, 15) is 5.11 Å². The van der Waals surface area contributed by atoms with Crippen LogP contribution in [0.4, 0.5) is 0 Å². The molecule has 0 bridgehead atoms. The molecule has 2 heteroatoms. The molecule has 0 spiro atoms. The van der Waals surface area contributed by atoms with Crippen LogP contribution in [0.15, 0.2) is 35.9 Å². The molecule has 0 aliphatic rings. The normalized spacial score (nSPS) is 14.9. The van der Waals surface area contributed by atoms with E-state index in [0.29, 0.717) is 5.92 Å². The lowest BCUT2D eigenvalue weighted by atomic mass is 10.00. The number of rotatable bonds is 8. The summed E-state index contributed by atoms with van der Waals surface area (Å²) in [5.74, 6) is 0.352. The van der Waals surface area contributed by atoms with E-state index in [2.05, 4.69) is 13.5 Å². The van der Waals surface area contributed by atoms with Gasteiger partial charge in [0.15, 0.2) is 0 Å². The maximum Gasteiger partial charge on any atom is 0.0543 e. The second kappa shape index (κ2) is 14.5. The molecular formula is C16H29ClO. The Balaban J connectivity index is 0. The topological polar surface area (TPSA) is 20.2 Å². The van der Waals surface area contributed by atoms with Gasteiger partial charge in [-0.15, -0.1) is 0 Å². The smallest absolute Gasteiger partial charge is 0.0543 e. The van der Waals surface area contributed by atoms with Crippen LogP contribution in [0.1, 0.15) is 53.4 Å². The van der Waals surface area contributed by atoms with Crippen molar-refractivity contribution >= 4 is 11.6 Å². The highest BCUT2D eigenvalue weighted by Crippen LogP contribution is 2.21. The molecule has 0 amide bonds. The van der Waals surface area contributed by atoms with Gasteiger partial charge in [0.1, 0.15) is 0 Å². The lowest BCUT2D eigenvalue weighted by Crippen LogP contribution is -2.08. The molecule has 1 nitrogen and oxygen atoms in total. The van der Waals surface area contributed by atoms with Crippen LogP contribution in [0, 0.1) is 5.92 Å². The fourth-order valence-electron chi connectivity index (χ4n) is 1.49. The van der Waals surface area contributed by atoms with Crippen LogP contribution in [-0.2, 0) is 0 Å². The van der Waals surface area contributed by atoms with Crippen molar-refractivity contribution in [3.63, 3.8) is 0 Å². The molecule has 0 aromatic carbocycles. The SMILES string of the molecule is C=C/C=C/CCC(O)CCC(C)/C(Cl)=C/C.CC. The van der Waals surface area contributed by atoms with Crippen molar-refractivity contribution in [1.29, 1.82) is 0 Å². The van der Waals surface area contributed by atoms with Gasteiger partial charge in [0, 0.05) is 5.03 Å². The minimum atomic E-state index is -0.224. The summed E-state index contributed by atoms with van der Waals surface area (Å²) in [5, 5.41) is 10.6. The lowest BCUT2D eigenvalue weighted by Gasteiger charge is -2.13. The van der Waals surface area contributed by atoms with Crippen LogP contribution < -0.4 is 0 Å². The van der Waals surface area contributed by atoms with Crippen LogP contribution in [0.5, 0.6) is 0 Å². The van der Waals surface area contributed by atoms with Crippen LogP contribution in [0.2, 0.25) is 0 Å². The quantitative estimate of drug-likeness (QED) is 0.582. The van der Waals surface area contributed by atoms with Crippen LogP contribution in [-0.4, -0.2) is 11.2 Å². The Kier molecular flexibility index (Phi) is 16.0. The van der Waals surface area contributed by atoms with Crippen molar-refractivity contribution in [3.05, 3.63) is 35.9 Å². The Morgan fingerprint density at radius 1 is 1.28 bits per heavy atom. The molecule has 0 fully saturated rings. The van der Waals surface area contributed by atoms with Crippen molar-refractivity contribution < 1.29 is 5.11 Å². The van der Waals surface area contributed by atoms with Gasteiger partial charge in [-0.25, -0.2) is 0 Å². The Morgan fingerprint density at radius 3 is 2.39 bits per heavy atom. The summed E-state index contributed by atoms with van der Waals surface area (Å²) in [4.78, 5) is 0. The highest BCUT2D eigenvalue weighted by Gasteiger charge is 2.09. The van der Waals surface area contributed by atoms with E-state index in [-0.39, 0.29) is 6.10 Å². The first-order valence-electron chi connectivity index (χ1n) is 6.89. The predicted molar refractivity (Wildman–Crippen MR) is 83.9 cm³/mol. The predicted octanol–water partition coefficient (Wildman–Crippen LogP) is 5.45. The fourth-order valence-corrected chi connectivity index (χ4v) is 1.60. The number of aliphatic hydroxyl groups excluding tert-OH is 1. The summed E-state index contributed by atoms with van der Waals surface area (Å²) in [6, 6.07) is 0. The van der Waals surface area contributed by atoms with E-state index in [0.717, 1.165) is 30.7 Å². The zero-order chi connectivity index (χ0) is 14.4. The van der Waals surface area contributed by atoms with Crippen molar-refractivity contribution in [1.82, 2.24) is 0 Å². The van der Waals surface area contributed by atoms with Gasteiger partial charge >= 0.3 is 0 Å². The minimum Gasteiger partial charge on any atom is -0.393 e. The molecule has 2 atom stereocenters. The third-order valence-corrected chi connectivity index (χ3v) is 3.21. The molecule has 106 valence electrons. The molecule has 1 N–H and O–H groups in total. The summed E-state index contributed by atoms with van der Waals surface area (Å²) >= 11 is 6.00. The molecule has 18 heavy (non-hydrogen) atoms. The largest absolute Gasteiger partial charge is 0.393 e. The monoisotopic (exact) mass is 272 g/mol. The second-order valence-electron chi connectivity index (χ2n) is 4.05. The summed E-state index contributed by atoms with van der Waals surface area (Å²) in [6.07, 6.45) is 10.8. The molecule has 0 radical (unpaired) electrons. The van der Waals surface area contributed by atoms with E-state index in [1.54, 1.807) is 6.08 Å². The molecule has 0 aromatic heterocycles. The lowest BCUT2D eigenvalue weighted by molar-refractivity contribution is 0.149. The van der Waals surface area contributed by atoms with Crippen molar-refractivity contribution in [2.24, 2.45) is 5.92 Å². The number of halogens is 1. The Morgan fingerprint density at radius 2 is 1.89 bits per heavy atom. The van der Waals surface area contributed by atoms with Gasteiger partial charge in [0.05, 0.1) is 6.10 Å². The van der Waals surface area contributed by atoms with Gasteiger partial charge in [-0.3, -0.25) is 0 Å². The van der Waals surface area contributed by atoms with Gasteiger partial charge < -0.3 is 5.11 Å². The van der Waals surface area contributed by atoms with Crippen molar-refractivity contribution in [3.8, 4) is 0 Å². The first-order valence-corrected chi connectivity index (χ1v) is 7.27. The van der Waals surface area contributed by atoms with E-state index in [1.165, 1.54) is 0 Å². The van der Waals surface area contributed by atoms with Crippen molar-refractivity contribution in [2.45, 2.75) is 59.5 Å². The standard InChI is InChI=1S/C14H23ClO.C2H6/c1-4-6-7-8-9-13(16)11-10-12(3)14(15)5-2;1-2/h4-7,12-13,16H,1,8-11H2,2-3H3;1-2H3/b7-6+,14-5-;. The van der Waals surface area contributed by atoms with E-state index in [4.69, 9.17) is 11.6 Å². The average Bonchev–Trinajstić information content (AvgIpc) is 2.42. The first-order chi connectivity index (χ1) is 8.61. The van der Waals surface area contributed by atoms with E-state index >= 15 is 0 Å². The third-order valence-electron chi connectivity index (χ3n) is 2.62. The molecule has 0 saturated heterocycles.